The minimum atomic E-state index is -1.47. The molecule has 0 heterocycles. The van der Waals surface area contributed by atoms with E-state index in [1.165, 1.54) is 12.1 Å². The molecule has 18 heavy (non-hydrogen) atoms. The lowest BCUT2D eigenvalue weighted by atomic mass is 10.0. The molecule has 0 aliphatic carbocycles. The van der Waals surface area contributed by atoms with Gasteiger partial charge in [-0.2, -0.15) is 0 Å². The van der Waals surface area contributed by atoms with Crippen molar-refractivity contribution in [3.63, 3.8) is 0 Å². The van der Waals surface area contributed by atoms with E-state index in [0.717, 1.165) is 24.3 Å². The first-order valence-corrected chi connectivity index (χ1v) is 4.98. The van der Waals surface area contributed by atoms with E-state index in [9.17, 15) is 18.0 Å². The number of carboxylic acids is 1. The lowest BCUT2D eigenvalue weighted by Gasteiger charge is -2.07. The maximum atomic E-state index is 13.9. The van der Waals surface area contributed by atoms with Crippen molar-refractivity contribution in [2.75, 3.05) is 0 Å². The van der Waals surface area contributed by atoms with Crippen molar-refractivity contribution >= 4 is 5.97 Å². The zero-order valence-electron chi connectivity index (χ0n) is 8.95. The molecule has 92 valence electrons. The van der Waals surface area contributed by atoms with E-state index >= 15 is 0 Å². The highest BCUT2D eigenvalue weighted by Gasteiger charge is 2.17. The minimum Gasteiger partial charge on any atom is -0.478 e. The van der Waals surface area contributed by atoms with Crippen molar-refractivity contribution in [3.05, 3.63) is 59.4 Å². The number of rotatable bonds is 2. The topological polar surface area (TPSA) is 37.3 Å². The van der Waals surface area contributed by atoms with Crippen LogP contribution in [-0.4, -0.2) is 11.1 Å². The van der Waals surface area contributed by atoms with Gasteiger partial charge in [0.1, 0.15) is 17.5 Å². The van der Waals surface area contributed by atoms with E-state index in [0.29, 0.717) is 0 Å². The molecule has 2 rings (SSSR count). The van der Waals surface area contributed by atoms with Crippen LogP contribution in [0, 0.1) is 17.5 Å². The summed E-state index contributed by atoms with van der Waals surface area (Å²) in [5, 5.41) is 8.75. The summed E-state index contributed by atoms with van der Waals surface area (Å²) in [5.41, 5.74) is -1.18. The van der Waals surface area contributed by atoms with Gasteiger partial charge in [0.05, 0.1) is 5.56 Å². The minimum absolute atomic E-state index is 0.285. The summed E-state index contributed by atoms with van der Waals surface area (Å²) in [6.45, 7) is 0. The van der Waals surface area contributed by atoms with Crippen LogP contribution in [0.25, 0.3) is 11.1 Å². The van der Waals surface area contributed by atoms with Crippen LogP contribution in [0.2, 0.25) is 0 Å². The third-order valence-electron chi connectivity index (χ3n) is 2.45. The third kappa shape index (κ3) is 2.07. The molecule has 0 saturated heterocycles. The van der Waals surface area contributed by atoms with Crippen LogP contribution in [0.5, 0.6) is 0 Å². The predicted octanol–water partition coefficient (Wildman–Crippen LogP) is 3.47. The van der Waals surface area contributed by atoms with E-state index in [-0.39, 0.29) is 11.1 Å². The summed E-state index contributed by atoms with van der Waals surface area (Å²) in [5.74, 6) is -4.11. The van der Waals surface area contributed by atoms with Crippen LogP contribution < -0.4 is 0 Å². The molecule has 0 fully saturated rings. The quantitative estimate of drug-likeness (QED) is 0.888. The van der Waals surface area contributed by atoms with Crippen molar-refractivity contribution in [2.24, 2.45) is 0 Å². The smallest absolute Gasteiger partial charge is 0.338 e. The van der Waals surface area contributed by atoms with Gasteiger partial charge in [-0.25, -0.2) is 18.0 Å². The highest BCUT2D eigenvalue weighted by molar-refractivity contribution is 5.90. The van der Waals surface area contributed by atoms with Gasteiger partial charge in [0.2, 0.25) is 0 Å². The Morgan fingerprint density at radius 1 is 1.00 bits per heavy atom. The molecular weight excluding hydrogens is 245 g/mol. The zero-order valence-corrected chi connectivity index (χ0v) is 8.95. The maximum absolute atomic E-state index is 13.9. The second kappa shape index (κ2) is 4.52. The summed E-state index contributed by atoms with van der Waals surface area (Å²) < 4.78 is 40.4. The molecular formula is C13H7F3O2. The SMILES string of the molecule is O=C(O)c1cccc(-c2cc(F)ccc2F)c1F. The number of aromatic carboxylic acids is 1. The number of halogens is 3. The highest BCUT2D eigenvalue weighted by Crippen LogP contribution is 2.28. The van der Waals surface area contributed by atoms with Gasteiger partial charge in [0, 0.05) is 11.1 Å². The zero-order chi connectivity index (χ0) is 13.3. The molecule has 0 spiro atoms. The molecule has 2 nitrogen and oxygen atoms in total. The molecule has 0 bridgehead atoms. The van der Waals surface area contributed by atoms with Gasteiger partial charge >= 0.3 is 5.97 Å². The molecule has 0 aromatic heterocycles. The predicted molar refractivity (Wildman–Crippen MR) is 58.7 cm³/mol. The molecule has 0 unspecified atom stereocenters. The fourth-order valence-electron chi connectivity index (χ4n) is 1.61. The molecule has 0 aliphatic rings. The second-order valence-electron chi connectivity index (χ2n) is 3.60. The van der Waals surface area contributed by atoms with E-state index in [1.54, 1.807) is 0 Å². The van der Waals surface area contributed by atoms with Gasteiger partial charge in [-0.15, -0.1) is 0 Å². The second-order valence-corrected chi connectivity index (χ2v) is 3.60. The Hall–Kier alpha value is -2.30. The first-order valence-electron chi connectivity index (χ1n) is 4.98. The van der Waals surface area contributed by atoms with Crippen molar-refractivity contribution in [2.45, 2.75) is 0 Å². The van der Waals surface area contributed by atoms with E-state index in [1.807, 2.05) is 0 Å². The Morgan fingerprint density at radius 2 is 1.72 bits per heavy atom. The van der Waals surface area contributed by atoms with Gasteiger partial charge in [-0.05, 0) is 24.3 Å². The molecule has 2 aromatic carbocycles. The van der Waals surface area contributed by atoms with Crippen LogP contribution in [0.4, 0.5) is 13.2 Å². The first kappa shape index (κ1) is 12.2. The molecule has 0 aliphatic heterocycles. The Bertz CT molecular complexity index is 624. The van der Waals surface area contributed by atoms with E-state index in [4.69, 9.17) is 5.11 Å². The molecule has 0 saturated carbocycles. The van der Waals surface area contributed by atoms with E-state index in [2.05, 4.69) is 0 Å². The van der Waals surface area contributed by atoms with Gasteiger partial charge < -0.3 is 5.11 Å². The number of benzene rings is 2. The first-order chi connectivity index (χ1) is 8.50. The molecule has 1 N–H and O–H groups in total. The Balaban J connectivity index is 2.68. The highest BCUT2D eigenvalue weighted by atomic mass is 19.1. The summed E-state index contributed by atoms with van der Waals surface area (Å²) in [7, 11) is 0. The van der Waals surface area contributed by atoms with Gasteiger partial charge in [0.15, 0.2) is 0 Å². The fourth-order valence-corrected chi connectivity index (χ4v) is 1.61. The Kier molecular flexibility index (Phi) is 3.06. The van der Waals surface area contributed by atoms with Gasteiger partial charge in [-0.1, -0.05) is 12.1 Å². The Labute approximate surface area is 100 Å². The van der Waals surface area contributed by atoms with Crippen LogP contribution in [0.1, 0.15) is 10.4 Å². The number of hydrogen-bond acceptors (Lipinski definition) is 1. The molecule has 2 aromatic rings. The van der Waals surface area contributed by atoms with Crippen LogP contribution in [0.15, 0.2) is 36.4 Å². The molecule has 0 atom stereocenters. The standard InChI is InChI=1S/C13H7F3O2/c14-7-4-5-11(15)10(6-7)8-2-1-3-9(12(8)16)13(17)18/h1-6H,(H,17,18). The normalized spacial score (nSPS) is 10.4. The summed E-state index contributed by atoms with van der Waals surface area (Å²) in [6, 6.07) is 6.10. The summed E-state index contributed by atoms with van der Waals surface area (Å²) in [6.07, 6.45) is 0. The molecule has 0 radical (unpaired) electrons. The van der Waals surface area contributed by atoms with Crippen molar-refractivity contribution in [1.29, 1.82) is 0 Å². The van der Waals surface area contributed by atoms with Crippen LogP contribution >= 0.6 is 0 Å². The fraction of sp³-hybridized carbons (Fsp3) is 0. The van der Waals surface area contributed by atoms with Crippen molar-refractivity contribution in [1.82, 2.24) is 0 Å². The maximum Gasteiger partial charge on any atom is 0.338 e. The average Bonchev–Trinajstić information content (AvgIpc) is 2.32. The number of hydrogen-bond donors (Lipinski definition) is 1. The lowest BCUT2D eigenvalue weighted by molar-refractivity contribution is 0.0692. The van der Waals surface area contributed by atoms with Gasteiger partial charge in [0.25, 0.3) is 0 Å². The number of carbonyl (C=O) groups is 1. The molecule has 0 amide bonds. The van der Waals surface area contributed by atoms with Crippen molar-refractivity contribution < 1.29 is 23.1 Å². The monoisotopic (exact) mass is 252 g/mol. The van der Waals surface area contributed by atoms with Gasteiger partial charge in [-0.3, -0.25) is 0 Å². The van der Waals surface area contributed by atoms with Crippen LogP contribution in [0.3, 0.4) is 0 Å². The number of carboxylic acid groups (broad SMARTS) is 1. The van der Waals surface area contributed by atoms with Crippen molar-refractivity contribution in [3.8, 4) is 11.1 Å². The van der Waals surface area contributed by atoms with Crippen LogP contribution in [-0.2, 0) is 0 Å². The Morgan fingerprint density at radius 3 is 2.39 bits per heavy atom. The van der Waals surface area contributed by atoms with E-state index < -0.39 is 29.0 Å². The summed E-state index contributed by atoms with van der Waals surface area (Å²) >= 11 is 0. The molecule has 5 heteroatoms. The lowest BCUT2D eigenvalue weighted by Crippen LogP contribution is -2.02. The summed E-state index contributed by atoms with van der Waals surface area (Å²) in [4.78, 5) is 10.7. The average molecular weight is 252 g/mol. The third-order valence-corrected chi connectivity index (χ3v) is 2.45. The largest absolute Gasteiger partial charge is 0.478 e.